The fourth-order valence-electron chi connectivity index (χ4n) is 0.916. The second-order valence-electron chi connectivity index (χ2n) is 2.50. The maximum atomic E-state index is 8.52. The molecule has 0 spiro atoms. The average Bonchev–Trinajstić information content (AvgIpc) is 2.17. The summed E-state index contributed by atoms with van der Waals surface area (Å²) in [6, 6.07) is 9.08. The zero-order chi connectivity index (χ0) is 8.97. The van der Waals surface area contributed by atoms with Gasteiger partial charge in [0.15, 0.2) is 0 Å². The number of benzene rings is 1. The Morgan fingerprint density at radius 3 is 2.42 bits per heavy atom. The summed E-state index contributed by atoms with van der Waals surface area (Å²) in [6.07, 6.45) is 1.67. The molecule has 0 aliphatic rings. The van der Waals surface area contributed by atoms with E-state index in [1.807, 2.05) is 18.2 Å². The molecule has 0 aliphatic carbocycles. The molecule has 0 fully saturated rings. The minimum atomic E-state index is -0.141. The lowest BCUT2D eigenvalue weighted by atomic mass is 10.1. The molecule has 0 aromatic heterocycles. The first-order chi connectivity index (χ1) is 5.77. The summed E-state index contributed by atoms with van der Waals surface area (Å²) in [5.74, 6) is 0. The van der Waals surface area contributed by atoms with Crippen LogP contribution in [-0.2, 0) is 0 Å². The molecule has 1 atom stereocenters. The van der Waals surface area contributed by atoms with Crippen LogP contribution < -0.4 is 5.73 Å². The molecule has 0 aliphatic heterocycles. The minimum Gasteiger partial charge on any atom is -0.321 e. The molecular formula is C10H10N2. The predicted octanol–water partition coefficient (Wildman–Crippen LogP) is 1.74. The fraction of sp³-hybridized carbons (Fsp3) is 0.100. The first kappa shape index (κ1) is 8.51. The first-order valence-corrected chi connectivity index (χ1v) is 3.66. The molecule has 1 unspecified atom stereocenters. The SMILES string of the molecule is C=CC(N)c1ccc(C#N)cc1. The third-order valence-corrected chi connectivity index (χ3v) is 1.68. The van der Waals surface area contributed by atoms with Crippen molar-refractivity contribution in [2.24, 2.45) is 5.73 Å². The van der Waals surface area contributed by atoms with E-state index in [9.17, 15) is 0 Å². The zero-order valence-electron chi connectivity index (χ0n) is 6.70. The van der Waals surface area contributed by atoms with Gasteiger partial charge in [0.25, 0.3) is 0 Å². The van der Waals surface area contributed by atoms with Crippen LogP contribution in [0.3, 0.4) is 0 Å². The van der Waals surface area contributed by atoms with Gasteiger partial charge in [-0.15, -0.1) is 6.58 Å². The van der Waals surface area contributed by atoms with Crippen molar-refractivity contribution in [1.82, 2.24) is 0 Å². The van der Waals surface area contributed by atoms with Gasteiger partial charge in [-0.1, -0.05) is 18.2 Å². The van der Waals surface area contributed by atoms with Crippen molar-refractivity contribution in [3.05, 3.63) is 48.0 Å². The maximum Gasteiger partial charge on any atom is 0.0991 e. The van der Waals surface area contributed by atoms with Crippen LogP contribution in [-0.4, -0.2) is 0 Å². The Kier molecular flexibility index (Phi) is 2.62. The van der Waals surface area contributed by atoms with Crippen LogP contribution in [0.5, 0.6) is 0 Å². The summed E-state index contributed by atoms with van der Waals surface area (Å²) < 4.78 is 0. The number of nitrogens with zero attached hydrogens (tertiary/aromatic N) is 1. The van der Waals surface area contributed by atoms with Crippen LogP contribution in [0.2, 0.25) is 0 Å². The van der Waals surface area contributed by atoms with E-state index in [4.69, 9.17) is 11.0 Å². The summed E-state index contributed by atoms with van der Waals surface area (Å²) in [7, 11) is 0. The second kappa shape index (κ2) is 3.70. The van der Waals surface area contributed by atoms with Gasteiger partial charge >= 0.3 is 0 Å². The molecule has 12 heavy (non-hydrogen) atoms. The molecular weight excluding hydrogens is 148 g/mol. The first-order valence-electron chi connectivity index (χ1n) is 3.66. The molecule has 1 aromatic carbocycles. The maximum absolute atomic E-state index is 8.52. The van der Waals surface area contributed by atoms with Gasteiger partial charge in [0.05, 0.1) is 11.6 Å². The number of rotatable bonds is 2. The standard InChI is InChI=1S/C10H10N2/c1-2-10(12)9-5-3-8(7-11)4-6-9/h2-6,10H,1,12H2. The highest BCUT2D eigenvalue weighted by Gasteiger charge is 1.99. The monoisotopic (exact) mass is 158 g/mol. The summed E-state index contributed by atoms with van der Waals surface area (Å²) in [5.41, 5.74) is 7.31. The molecule has 2 N–H and O–H groups in total. The molecule has 2 nitrogen and oxygen atoms in total. The van der Waals surface area contributed by atoms with E-state index in [0.717, 1.165) is 5.56 Å². The fourth-order valence-corrected chi connectivity index (χ4v) is 0.916. The van der Waals surface area contributed by atoms with E-state index >= 15 is 0 Å². The number of hydrogen-bond donors (Lipinski definition) is 1. The molecule has 0 heterocycles. The normalized spacial score (nSPS) is 11.7. The molecule has 1 aromatic rings. The molecule has 2 heteroatoms. The van der Waals surface area contributed by atoms with E-state index in [1.54, 1.807) is 18.2 Å². The van der Waals surface area contributed by atoms with Crippen molar-refractivity contribution in [3.63, 3.8) is 0 Å². The van der Waals surface area contributed by atoms with Gasteiger partial charge in [-0.3, -0.25) is 0 Å². The van der Waals surface area contributed by atoms with Gasteiger partial charge in [-0.25, -0.2) is 0 Å². The quantitative estimate of drug-likeness (QED) is 0.666. The lowest BCUT2D eigenvalue weighted by Crippen LogP contribution is -2.05. The summed E-state index contributed by atoms with van der Waals surface area (Å²) in [4.78, 5) is 0. The molecule has 1 rings (SSSR count). The van der Waals surface area contributed by atoms with Crippen LogP contribution in [0.1, 0.15) is 17.2 Å². The Morgan fingerprint density at radius 1 is 1.42 bits per heavy atom. The Hall–Kier alpha value is -1.59. The van der Waals surface area contributed by atoms with Crippen molar-refractivity contribution in [1.29, 1.82) is 5.26 Å². The molecule has 60 valence electrons. The number of nitrogens with two attached hydrogens (primary N) is 1. The van der Waals surface area contributed by atoms with Gasteiger partial charge in [0.2, 0.25) is 0 Å². The van der Waals surface area contributed by atoms with Gasteiger partial charge in [0.1, 0.15) is 0 Å². The summed E-state index contributed by atoms with van der Waals surface area (Å²) >= 11 is 0. The average molecular weight is 158 g/mol. The third-order valence-electron chi connectivity index (χ3n) is 1.68. The van der Waals surface area contributed by atoms with Gasteiger partial charge in [0, 0.05) is 6.04 Å². The van der Waals surface area contributed by atoms with Gasteiger partial charge in [-0.05, 0) is 17.7 Å². The van der Waals surface area contributed by atoms with E-state index in [0.29, 0.717) is 5.56 Å². The zero-order valence-corrected chi connectivity index (χ0v) is 6.70. The molecule has 0 saturated carbocycles. The van der Waals surface area contributed by atoms with Crippen LogP contribution in [0, 0.1) is 11.3 Å². The van der Waals surface area contributed by atoms with E-state index < -0.39 is 0 Å². The van der Waals surface area contributed by atoms with Crippen molar-refractivity contribution in [3.8, 4) is 6.07 Å². The minimum absolute atomic E-state index is 0.141. The molecule has 0 bridgehead atoms. The van der Waals surface area contributed by atoms with Gasteiger partial charge < -0.3 is 5.73 Å². The van der Waals surface area contributed by atoms with Crippen LogP contribution >= 0.6 is 0 Å². The highest BCUT2D eigenvalue weighted by atomic mass is 14.6. The van der Waals surface area contributed by atoms with Crippen molar-refractivity contribution in [2.75, 3.05) is 0 Å². The lowest BCUT2D eigenvalue weighted by Gasteiger charge is -2.04. The highest BCUT2D eigenvalue weighted by Crippen LogP contribution is 2.11. The Morgan fingerprint density at radius 2 is 2.00 bits per heavy atom. The lowest BCUT2D eigenvalue weighted by molar-refractivity contribution is 0.914. The highest BCUT2D eigenvalue weighted by molar-refractivity contribution is 5.33. The van der Waals surface area contributed by atoms with E-state index in [1.165, 1.54) is 0 Å². The third kappa shape index (κ3) is 1.71. The van der Waals surface area contributed by atoms with E-state index in [-0.39, 0.29) is 6.04 Å². The van der Waals surface area contributed by atoms with Crippen LogP contribution in [0.25, 0.3) is 0 Å². The summed E-state index contributed by atoms with van der Waals surface area (Å²) in [5, 5.41) is 8.52. The van der Waals surface area contributed by atoms with E-state index in [2.05, 4.69) is 6.58 Å². The molecule has 0 radical (unpaired) electrons. The van der Waals surface area contributed by atoms with Crippen LogP contribution in [0.15, 0.2) is 36.9 Å². The van der Waals surface area contributed by atoms with Crippen LogP contribution in [0.4, 0.5) is 0 Å². The largest absolute Gasteiger partial charge is 0.321 e. The van der Waals surface area contributed by atoms with Crippen molar-refractivity contribution in [2.45, 2.75) is 6.04 Å². The Bertz CT molecular complexity index is 306. The molecule has 0 amide bonds. The van der Waals surface area contributed by atoms with Crippen molar-refractivity contribution < 1.29 is 0 Å². The summed E-state index contributed by atoms with van der Waals surface area (Å²) in [6.45, 7) is 3.59. The Balaban J connectivity index is 2.93. The molecule has 0 saturated heterocycles. The smallest absolute Gasteiger partial charge is 0.0991 e. The second-order valence-corrected chi connectivity index (χ2v) is 2.50. The topological polar surface area (TPSA) is 49.8 Å². The number of nitriles is 1. The van der Waals surface area contributed by atoms with Gasteiger partial charge in [-0.2, -0.15) is 5.26 Å². The van der Waals surface area contributed by atoms with Crippen molar-refractivity contribution >= 4 is 0 Å². The predicted molar refractivity (Wildman–Crippen MR) is 48.3 cm³/mol. The number of hydrogen-bond acceptors (Lipinski definition) is 2. The Labute approximate surface area is 71.9 Å².